The van der Waals surface area contributed by atoms with Crippen LogP contribution in [-0.4, -0.2) is 30.1 Å². The van der Waals surface area contributed by atoms with Gasteiger partial charge < -0.3 is 19.7 Å². The number of carbonyl (C=O) groups is 2. The molecule has 2 heterocycles. The number of amides is 2. The second-order valence-electron chi connectivity index (χ2n) is 7.39. The molecule has 0 saturated heterocycles. The smallest absolute Gasteiger partial charge is 0.239 e. The van der Waals surface area contributed by atoms with E-state index in [2.05, 4.69) is 11.4 Å². The Hall–Kier alpha value is -3.02. The van der Waals surface area contributed by atoms with Gasteiger partial charge in [-0.1, -0.05) is 24.3 Å². The van der Waals surface area contributed by atoms with Crippen LogP contribution >= 0.6 is 0 Å². The number of hydrogen-bond donors (Lipinski definition) is 1. The van der Waals surface area contributed by atoms with Crippen LogP contribution in [0.25, 0.3) is 0 Å². The number of nitrogens with one attached hydrogen (secondary N) is 1. The fourth-order valence-corrected chi connectivity index (χ4v) is 3.42. The van der Waals surface area contributed by atoms with Gasteiger partial charge in [0.2, 0.25) is 18.6 Å². The van der Waals surface area contributed by atoms with Gasteiger partial charge in [-0.05, 0) is 43.5 Å². The molecule has 27 heavy (non-hydrogen) atoms. The maximum atomic E-state index is 13.1. The summed E-state index contributed by atoms with van der Waals surface area (Å²) >= 11 is 0. The van der Waals surface area contributed by atoms with Crippen LogP contribution in [0.4, 0.5) is 5.69 Å². The molecule has 140 valence electrons. The van der Waals surface area contributed by atoms with Crippen molar-refractivity contribution in [2.75, 3.05) is 18.7 Å². The third-order valence-corrected chi connectivity index (χ3v) is 5.15. The second-order valence-corrected chi connectivity index (χ2v) is 7.39. The molecule has 2 amide bonds. The summed E-state index contributed by atoms with van der Waals surface area (Å²) in [5, 5.41) is 2.83. The molecule has 6 heteroatoms. The van der Waals surface area contributed by atoms with E-state index in [-0.39, 0.29) is 18.6 Å². The zero-order chi connectivity index (χ0) is 19.0. The van der Waals surface area contributed by atoms with Crippen molar-refractivity contribution in [3.63, 3.8) is 0 Å². The van der Waals surface area contributed by atoms with E-state index < -0.39 is 5.41 Å². The second kappa shape index (κ2) is 6.61. The lowest BCUT2D eigenvalue weighted by molar-refractivity contribution is -0.147. The molecule has 0 spiro atoms. The lowest BCUT2D eigenvalue weighted by Crippen LogP contribution is -2.48. The molecule has 0 aliphatic carbocycles. The van der Waals surface area contributed by atoms with Crippen molar-refractivity contribution in [2.45, 2.75) is 26.8 Å². The Morgan fingerprint density at radius 2 is 1.78 bits per heavy atom. The number of rotatable bonds is 3. The van der Waals surface area contributed by atoms with Gasteiger partial charge in [-0.25, -0.2) is 0 Å². The van der Waals surface area contributed by atoms with Gasteiger partial charge >= 0.3 is 0 Å². The van der Waals surface area contributed by atoms with Gasteiger partial charge in [0.1, 0.15) is 5.41 Å². The minimum absolute atomic E-state index is 0.171. The first-order chi connectivity index (χ1) is 12.9. The zero-order valence-corrected chi connectivity index (χ0v) is 15.5. The Balaban J connectivity index is 1.47. The quantitative estimate of drug-likeness (QED) is 0.848. The van der Waals surface area contributed by atoms with E-state index in [4.69, 9.17) is 9.47 Å². The Labute approximate surface area is 158 Å². The molecule has 0 bridgehead atoms. The summed E-state index contributed by atoms with van der Waals surface area (Å²) in [6.07, 6.45) is 0.807. The van der Waals surface area contributed by atoms with Crippen molar-refractivity contribution in [1.82, 2.24) is 4.90 Å². The Morgan fingerprint density at radius 1 is 1.04 bits per heavy atom. The Kier molecular flexibility index (Phi) is 4.26. The highest BCUT2D eigenvalue weighted by Crippen LogP contribution is 2.35. The summed E-state index contributed by atoms with van der Waals surface area (Å²) in [5.74, 6) is 0.723. The molecule has 2 aromatic carbocycles. The molecule has 0 fully saturated rings. The van der Waals surface area contributed by atoms with E-state index >= 15 is 0 Å². The van der Waals surface area contributed by atoms with Crippen LogP contribution in [0.2, 0.25) is 0 Å². The molecule has 2 aliphatic heterocycles. The highest BCUT2D eigenvalue weighted by atomic mass is 16.7. The number of nitrogens with zero attached hydrogens (tertiary/aromatic N) is 1. The maximum absolute atomic E-state index is 13.1. The van der Waals surface area contributed by atoms with Gasteiger partial charge in [-0.3, -0.25) is 9.59 Å². The molecule has 0 radical (unpaired) electrons. The normalized spacial score (nSPS) is 15.3. The fourth-order valence-electron chi connectivity index (χ4n) is 3.42. The number of hydrogen-bond acceptors (Lipinski definition) is 4. The van der Waals surface area contributed by atoms with E-state index in [0.29, 0.717) is 30.3 Å². The van der Waals surface area contributed by atoms with Gasteiger partial charge in [0, 0.05) is 24.8 Å². The summed E-state index contributed by atoms with van der Waals surface area (Å²) < 4.78 is 10.6. The molecule has 0 aromatic heterocycles. The van der Waals surface area contributed by atoms with Gasteiger partial charge in [0.15, 0.2) is 11.5 Å². The van der Waals surface area contributed by atoms with E-state index in [1.54, 1.807) is 36.9 Å². The van der Waals surface area contributed by atoms with Gasteiger partial charge in [-0.15, -0.1) is 0 Å². The van der Waals surface area contributed by atoms with E-state index in [0.717, 1.165) is 12.0 Å². The lowest BCUT2D eigenvalue weighted by Gasteiger charge is -2.34. The molecule has 1 N–H and O–H groups in total. The summed E-state index contributed by atoms with van der Waals surface area (Å²) in [6, 6.07) is 13.3. The highest BCUT2D eigenvalue weighted by Gasteiger charge is 2.40. The summed E-state index contributed by atoms with van der Waals surface area (Å²) in [4.78, 5) is 27.7. The maximum Gasteiger partial charge on any atom is 0.239 e. The van der Waals surface area contributed by atoms with Gasteiger partial charge in [0.25, 0.3) is 0 Å². The molecule has 0 atom stereocenters. The van der Waals surface area contributed by atoms with Crippen molar-refractivity contribution in [3.05, 3.63) is 53.6 Å². The third-order valence-electron chi connectivity index (χ3n) is 5.15. The summed E-state index contributed by atoms with van der Waals surface area (Å²) in [6.45, 7) is 4.66. The fraction of sp³-hybridized carbons (Fsp3) is 0.333. The van der Waals surface area contributed by atoms with Crippen molar-refractivity contribution in [1.29, 1.82) is 0 Å². The molecule has 0 unspecified atom stereocenters. The van der Waals surface area contributed by atoms with Crippen LogP contribution in [0.15, 0.2) is 42.5 Å². The molecular weight excluding hydrogens is 344 g/mol. The number of benzene rings is 2. The molecule has 6 nitrogen and oxygen atoms in total. The predicted octanol–water partition coefficient (Wildman–Crippen LogP) is 2.96. The highest BCUT2D eigenvalue weighted by molar-refractivity contribution is 6.10. The van der Waals surface area contributed by atoms with Crippen molar-refractivity contribution < 1.29 is 19.1 Å². The van der Waals surface area contributed by atoms with E-state index in [9.17, 15) is 9.59 Å². The number of fused-ring (bicyclic) bond motifs is 2. The third kappa shape index (κ3) is 3.23. The van der Waals surface area contributed by atoms with Crippen LogP contribution in [-0.2, 0) is 22.6 Å². The minimum atomic E-state index is -1.18. The van der Waals surface area contributed by atoms with Gasteiger partial charge in [-0.2, -0.15) is 0 Å². The predicted molar refractivity (Wildman–Crippen MR) is 101 cm³/mol. The standard InChI is InChI=1S/C21H22N2O4/c1-21(2,19(24)22-16-7-8-17-18(11-16)27-13-26-17)20(25)23-10-9-14-5-3-4-6-15(14)12-23/h3-8,11H,9-10,12-13H2,1-2H3,(H,22,24). The lowest BCUT2D eigenvalue weighted by atomic mass is 9.88. The average Bonchev–Trinajstić information content (AvgIpc) is 3.14. The van der Waals surface area contributed by atoms with Crippen molar-refractivity contribution >= 4 is 17.5 Å². The first kappa shape index (κ1) is 17.4. The average molecular weight is 366 g/mol. The van der Waals surface area contributed by atoms with Crippen LogP contribution in [0.1, 0.15) is 25.0 Å². The largest absolute Gasteiger partial charge is 0.454 e. The van der Waals surface area contributed by atoms with E-state index in [1.807, 2.05) is 18.2 Å². The van der Waals surface area contributed by atoms with Crippen LogP contribution in [0, 0.1) is 5.41 Å². The monoisotopic (exact) mass is 366 g/mol. The van der Waals surface area contributed by atoms with E-state index in [1.165, 1.54) is 5.56 Å². The van der Waals surface area contributed by atoms with Crippen LogP contribution < -0.4 is 14.8 Å². The Morgan fingerprint density at radius 3 is 2.59 bits per heavy atom. The first-order valence-electron chi connectivity index (χ1n) is 9.02. The molecule has 2 aliphatic rings. The van der Waals surface area contributed by atoms with Crippen molar-refractivity contribution in [3.8, 4) is 11.5 Å². The first-order valence-corrected chi connectivity index (χ1v) is 9.02. The summed E-state index contributed by atoms with van der Waals surface area (Å²) in [5.41, 5.74) is 1.81. The Bertz CT molecular complexity index is 907. The SMILES string of the molecule is CC(C)(C(=O)Nc1ccc2c(c1)OCO2)C(=O)N1CCc2ccccc2C1. The van der Waals surface area contributed by atoms with Crippen molar-refractivity contribution in [2.24, 2.45) is 5.41 Å². The van der Waals surface area contributed by atoms with Crippen LogP contribution in [0.5, 0.6) is 11.5 Å². The van der Waals surface area contributed by atoms with Gasteiger partial charge in [0.05, 0.1) is 0 Å². The zero-order valence-electron chi connectivity index (χ0n) is 15.5. The summed E-state index contributed by atoms with van der Waals surface area (Å²) in [7, 11) is 0. The number of ether oxygens (including phenoxy) is 2. The minimum Gasteiger partial charge on any atom is -0.454 e. The topological polar surface area (TPSA) is 67.9 Å². The number of anilines is 1. The molecule has 4 rings (SSSR count). The number of carbonyl (C=O) groups excluding carboxylic acids is 2. The molecular formula is C21H22N2O4. The molecule has 0 saturated carbocycles. The van der Waals surface area contributed by atoms with Crippen LogP contribution in [0.3, 0.4) is 0 Å². The molecule has 2 aromatic rings.